The molecule has 0 saturated carbocycles. The van der Waals surface area contributed by atoms with E-state index in [0.717, 1.165) is 31.5 Å². The van der Waals surface area contributed by atoms with Gasteiger partial charge in [0, 0.05) is 6.04 Å². The van der Waals surface area contributed by atoms with Crippen LogP contribution in [-0.4, -0.2) is 47.5 Å². The van der Waals surface area contributed by atoms with E-state index < -0.39 is 5.91 Å². The molecule has 0 atom stereocenters. The Morgan fingerprint density at radius 1 is 1.38 bits per heavy atom. The van der Waals surface area contributed by atoms with Crippen molar-refractivity contribution in [1.29, 1.82) is 0 Å². The Balaban J connectivity index is 2.28. The smallest absolute Gasteiger partial charge is 0.258 e. The number of aryl methyl sites for hydroxylation is 1. The maximum Gasteiger partial charge on any atom is 0.258 e. The molecule has 0 aliphatic carbocycles. The first kappa shape index (κ1) is 15.3. The first-order chi connectivity index (χ1) is 9.99. The third-order valence-corrected chi connectivity index (χ3v) is 3.72. The van der Waals surface area contributed by atoms with Crippen molar-refractivity contribution in [1.82, 2.24) is 10.2 Å². The van der Waals surface area contributed by atoms with Gasteiger partial charge in [0.2, 0.25) is 5.91 Å². The lowest BCUT2D eigenvalue weighted by molar-refractivity contribution is -0.119. The van der Waals surface area contributed by atoms with Gasteiger partial charge in [-0.15, -0.1) is 0 Å². The number of phenolic OH excluding ortho intramolecular Hbond substituents is 1. The highest BCUT2D eigenvalue weighted by Gasteiger charge is 2.28. The minimum absolute atomic E-state index is 0.0360. The first-order valence-corrected chi connectivity index (χ1v) is 7.08. The summed E-state index contributed by atoms with van der Waals surface area (Å²) in [4.78, 5) is 25.5. The number of piperidine rings is 1. The molecule has 0 radical (unpaired) electrons. The van der Waals surface area contributed by atoms with Gasteiger partial charge in [0.1, 0.15) is 5.75 Å². The van der Waals surface area contributed by atoms with E-state index >= 15 is 0 Å². The number of hydrogen-bond donors (Lipinski definition) is 3. The van der Waals surface area contributed by atoms with Crippen LogP contribution in [0.5, 0.6) is 5.75 Å². The summed E-state index contributed by atoms with van der Waals surface area (Å²) in [5.74, 6) is -0.968. The molecule has 1 aromatic carbocycles. The summed E-state index contributed by atoms with van der Waals surface area (Å²) < 4.78 is 0. The van der Waals surface area contributed by atoms with Crippen LogP contribution >= 0.6 is 0 Å². The number of nitrogens with two attached hydrogens (primary N) is 1. The SMILES string of the molecule is Cc1ccc(O)c(C(=O)N(CC(N)=O)C2CCNCC2)c1. The Bertz CT molecular complexity index is 539. The van der Waals surface area contributed by atoms with Crippen LogP contribution < -0.4 is 11.1 Å². The van der Waals surface area contributed by atoms with Gasteiger partial charge in [-0.1, -0.05) is 11.6 Å². The van der Waals surface area contributed by atoms with Crippen LogP contribution in [0.25, 0.3) is 0 Å². The quantitative estimate of drug-likeness (QED) is 0.747. The molecule has 0 aromatic heterocycles. The van der Waals surface area contributed by atoms with Gasteiger partial charge in [-0.25, -0.2) is 0 Å². The summed E-state index contributed by atoms with van der Waals surface area (Å²) in [6.07, 6.45) is 1.54. The lowest BCUT2D eigenvalue weighted by Gasteiger charge is -2.34. The zero-order chi connectivity index (χ0) is 15.4. The predicted molar refractivity (Wildman–Crippen MR) is 79.0 cm³/mol. The maximum absolute atomic E-state index is 12.7. The molecule has 1 aliphatic heterocycles. The van der Waals surface area contributed by atoms with Crippen molar-refractivity contribution in [3.8, 4) is 5.75 Å². The molecule has 1 aromatic rings. The Morgan fingerprint density at radius 2 is 2.05 bits per heavy atom. The molecule has 0 unspecified atom stereocenters. The van der Waals surface area contributed by atoms with Crippen LogP contribution in [0, 0.1) is 6.92 Å². The second-order valence-corrected chi connectivity index (χ2v) is 5.40. The summed E-state index contributed by atoms with van der Waals surface area (Å²) in [5, 5.41) is 13.1. The second-order valence-electron chi connectivity index (χ2n) is 5.40. The third-order valence-electron chi connectivity index (χ3n) is 3.72. The van der Waals surface area contributed by atoms with Gasteiger partial charge in [0.05, 0.1) is 12.1 Å². The minimum Gasteiger partial charge on any atom is -0.507 e. The van der Waals surface area contributed by atoms with Crippen LogP contribution in [0.15, 0.2) is 18.2 Å². The zero-order valence-electron chi connectivity index (χ0n) is 12.1. The number of phenols is 1. The van der Waals surface area contributed by atoms with Crippen LogP contribution in [0.3, 0.4) is 0 Å². The van der Waals surface area contributed by atoms with Crippen molar-refractivity contribution in [2.75, 3.05) is 19.6 Å². The number of carbonyl (C=O) groups is 2. The molecule has 1 aliphatic rings. The molecule has 6 heteroatoms. The number of aromatic hydroxyl groups is 1. The van der Waals surface area contributed by atoms with E-state index in [2.05, 4.69) is 5.32 Å². The van der Waals surface area contributed by atoms with E-state index in [1.54, 1.807) is 12.1 Å². The highest BCUT2D eigenvalue weighted by Crippen LogP contribution is 2.23. The molecular formula is C15H21N3O3. The van der Waals surface area contributed by atoms with Crippen molar-refractivity contribution in [3.05, 3.63) is 29.3 Å². The molecule has 1 saturated heterocycles. The summed E-state index contributed by atoms with van der Waals surface area (Å²) in [6.45, 7) is 3.32. The van der Waals surface area contributed by atoms with Crippen molar-refractivity contribution in [2.24, 2.45) is 5.73 Å². The van der Waals surface area contributed by atoms with E-state index in [0.29, 0.717) is 0 Å². The molecule has 2 amide bonds. The van der Waals surface area contributed by atoms with E-state index in [1.807, 2.05) is 6.92 Å². The van der Waals surface area contributed by atoms with Crippen LogP contribution in [0.2, 0.25) is 0 Å². The number of amides is 2. The summed E-state index contributed by atoms with van der Waals surface area (Å²) in [5.41, 5.74) is 6.37. The van der Waals surface area contributed by atoms with Crippen molar-refractivity contribution in [3.63, 3.8) is 0 Å². The van der Waals surface area contributed by atoms with Crippen molar-refractivity contribution in [2.45, 2.75) is 25.8 Å². The highest BCUT2D eigenvalue weighted by atomic mass is 16.3. The summed E-state index contributed by atoms with van der Waals surface area (Å²) in [6, 6.07) is 4.82. The molecule has 1 fully saturated rings. The second kappa shape index (κ2) is 6.58. The fraction of sp³-hybridized carbons (Fsp3) is 0.467. The zero-order valence-corrected chi connectivity index (χ0v) is 12.1. The summed E-state index contributed by atoms with van der Waals surface area (Å²) in [7, 11) is 0. The van der Waals surface area contributed by atoms with E-state index in [1.165, 1.54) is 11.0 Å². The first-order valence-electron chi connectivity index (χ1n) is 7.08. The highest BCUT2D eigenvalue weighted by molar-refractivity contribution is 5.99. The topological polar surface area (TPSA) is 95.7 Å². The number of rotatable bonds is 4. The normalized spacial score (nSPS) is 15.7. The fourth-order valence-electron chi connectivity index (χ4n) is 2.63. The van der Waals surface area contributed by atoms with Gasteiger partial charge in [0.25, 0.3) is 5.91 Å². The fourth-order valence-corrected chi connectivity index (χ4v) is 2.63. The molecule has 1 heterocycles. The maximum atomic E-state index is 12.7. The Labute approximate surface area is 123 Å². The van der Waals surface area contributed by atoms with Gasteiger partial charge in [-0.05, 0) is 45.0 Å². The van der Waals surface area contributed by atoms with Gasteiger partial charge in [-0.2, -0.15) is 0 Å². The van der Waals surface area contributed by atoms with Crippen molar-refractivity contribution >= 4 is 11.8 Å². The van der Waals surface area contributed by atoms with Crippen LogP contribution in [0.4, 0.5) is 0 Å². The summed E-state index contributed by atoms with van der Waals surface area (Å²) >= 11 is 0. The monoisotopic (exact) mass is 291 g/mol. The Kier molecular flexibility index (Phi) is 4.80. The molecule has 114 valence electrons. The van der Waals surface area contributed by atoms with Gasteiger partial charge in [-0.3, -0.25) is 9.59 Å². The number of nitrogens with zero attached hydrogens (tertiary/aromatic N) is 1. The number of hydrogen-bond acceptors (Lipinski definition) is 4. The van der Waals surface area contributed by atoms with Crippen LogP contribution in [-0.2, 0) is 4.79 Å². The average molecular weight is 291 g/mol. The number of carbonyl (C=O) groups excluding carboxylic acids is 2. The number of nitrogens with one attached hydrogen (secondary N) is 1. The molecule has 4 N–H and O–H groups in total. The Hall–Kier alpha value is -2.08. The molecule has 2 rings (SSSR count). The largest absolute Gasteiger partial charge is 0.507 e. The van der Waals surface area contributed by atoms with E-state index in [4.69, 9.17) is 5.73 Å². The predicted octanol–water partition coefficient (Wildman–Crippen LogP) is 0.380. The molecule has 6 nitrogen and oxygen atoms in total. The molecular weight excluding hydrogens is 270 g/mol. The van der Waals surface area contributed by atoms with E-state index in [-0.39, 0.29) is 29.8 Å². The third kappa shape index (κ3) is 3.72. The van der Waals surface area contributed by atoms with Gasteiger partial charge in [0.15, 0.2) is 0 Å². The lowest BCUT2D eigenvalue weighted by Crippen LogP contribution is -2.49. The number of benzene rings is 1. The average Bonchev–Trinajstić information content (AvgIpc) is 2.47. The Morgan fingerprint density at radius 3 is 2.67 bits per heavy atom. The standard InChI is InChI=1S/C15H21N3O3/c1-10-2-3-13(19)12(8-10)15(21)18(9-14(16)20)11-4-6-17-7-5-11/h2-3,8,11,17,19H,4-7,9H2,1H3,(H2,16,20). The molecule has 21 heavy (non-hydrogen) atoms. The molecule has 0 spiro atoms. The van der Waals surface area contributed by atoms with E-state index in [9.17, 15) is 14.7 Å². The van der Waals surface area contributed by atoms with Crippen LogP contribution in [0.1, 0.15) is 28.8 Å². The molecule has 0 bridgehead atoms. The van der Waals surface area contributed by atoms with Crippen molar-refractivity contribution < 1.29 is 14.7 Å². The minimum atomic E-state index is -0.547. The van der Waals surface area contributed by atoms with Gasteiger partial charge < -0.3 is 21.1 Å². The lowest BCUT2D eigenvalue weighted by atomic mass is 10.0. The number of primary amides is 1. The van der Waals surface area contributed by atoms with Gasteiger partial charge >= 0.3 is 0 Å².